The van der Waals surface area contributed by atoms with Gasteiger partial charge in [-0.1, -0.05) is 31.4 Å². The van der Waals surface area contributed by atoms with Crippen molar-refractivity contribution in [3.8, 4) is 5.69 Å². The molecule has 1 aromatic carbocycles. The summed E-state index contributed by atoms with van der Waals surface area (Å²) in [6.45, 7) is 1.93. The predicted molar refractivity (Wildman–Crippen MR) is 89.6 cm³/mol. The molecule has 1 saturated carbocycles. The van der Waals surface area contributed by atoms with Crippen molar-refractivity contribution < 1.29 is 9.90 Å². The van der Waals surface area contributed by atoms with E-state index in [0.717, 1.165) is 30.6 Å². The average Bonchev–Trinajstić information content (AvgIpc) is 2.94. The van der Waals surface area contributed by atoms with Crippen molar-refractivity contribution in [2.45, 2.75) is 51.0 Å². The Morgan fingerprint density at radius 1 is 1.26 bits per heavy atom. The van der Waals surface area contributed by atoms with Gasteiger partial charge in [-0.3, -0.25) is 4.79 Å². The predicted octanol–water partition coefficient (Wildman–Crippen LogP) is 3.20. The fourth-order valence-electron chi connectivity index (χ4n) is 3.21. The number of carbonyl (C=O) groups is 1. The molecule has 1 amide bonds. The number of para-hydroxylation sites is 2. The maximum absolute atomic E-state index is 12.4. The summed E-state index contributed by atoms with van der Waals surface area (Å²) in [5.74, 6) is -0.147. The molecule has 122 valence electrons. The van der Waals surface area contributed by atoms with Crippen LogP contribution in [0.4, 0.5) is 5.69 Å². The number of nitrogens with one attached hydrogen (secondary N) is 1. The van der Waals surface area contributed by atoms with Crippen molar-refractivity contribution in [3.05, 3.63) is 42.2 Å². The van der Waals surface area contributed by atoms with E-state index in [9.17, 15) is 9.90 Å². The van der Waals surface area contributed by atoms with Crippen LogP contribution in [0, 0.1) is 6.92 Å². The van der Waals surface area contributed by atoms with E-state index in [2.05, 4.69) is 10.4 Å². The Bertz CT molecular complexity index is 687. The van der Waals surface area contributed by atoms with E-state index in [0.29, 0.717) is 18.5 Å². The fourth-order valence-corrected chi connectivity index (χ4v) is 3.21. The van der Waals surface area contributed by atoms with Gasteiger partial charge in [-0.05, 0) is 38.0 Å². The van der Waals surface area contributed by atoms with Gasteiger partial charge in [0, 0.05) is 6.20 Å². The second-order valence-electron chi connectivity index (χ2n) is 6.43. The second kappa shape index (κ2) is 6.54. The minimum Gasteiger partial charge on any atom is -0.389 e. The highest BCUT2D eigenvalue weighted by Crippen LogP contribution is 2.31. The third kappa shape index (κ3) is 3.79. The van der Waals surface area contributed by atoms with Crippen molar-refractivity contribution in [1.82, 2.24) is 9.78 Å². The Hall–Kier alpha value is -2.14. The Kier molecular flexibility index (Phi) is 4.48. The Labute approximate surface area is 136 Å². The lowest BCUT2D eigenvalue weighted by Crippen LogP contribution is -2.36. The minimum atomic E-state index is -0.848. The van der Waals surface area contributed by atoms with E-state index < -0.39 is 5.60 Å². The van der Waals surface area contributed by atoms with Gasteiger partial charge in [0.2, 0.25) is 5.91 Å². The molecule has 1 fully saturated rings. The Morgan fingerprint density at radius 2 is 2.00 bits per heavy atom. The van der Waals surface area contributed by atoms with Gasteiger partial charge in [0.15, 0.2) is 0 Å². The number of hydrogen-bond donors (Lipinski definition) is 2. The molecule has 1 aliphatic rings. The highest BCUT2D eigenvalue weighted by Gasteiger charge is 2.31. The molecule has 1 aromatic heterocycles. The molecule has 0 saturated heterocycles. The molecule has 0 atom stereocenters. The van der Waals surface area contributed by atoms with Gasteiger partial charge in [0.25, 0.3) is 0 Å². The number of hydrogen-bond acceptors (Lipinski definition) is 3. The van der Waals surface area contributed by atoms with E-state index in [1.165, 1.54) is 0 Å². The van der Waals surface area contributed by atoms with Crippen molar-refractivity contribution in [2.24, 2.45) is 0 Å². The lowest BCUT2D eigenvalue weighted by atomic mass is 9.82. The standard InChI is InChI=1S/C18H23N3O2/c1-14-9-12-21(20-14)16-8-4-3-7-15(16)19-17(22)13-18(23)10-5-2-6-11-18/h3-4,7-9,12,23H,2,5-6,10-11,13H2,1H3,(H,19,22). The molecule has 0 radical (unpaired) electrons. The topological polar surface area (TPSA) is 67.2 Å². The summed E-state index contributed by atoms with van der Waals surface area (Å²) < 4.78 is 1.75. The zero-order chi connectivity index (χ0) is 16.3. The molecular formula is C18H23N3O2. The van der Waals surface area contributed by atoms with Gasteiger partial charge in [-0.25, -0.2) is 4.68 Å². The number of anilines is 1. The summed E-state index contributed by atoms with van der Waals surface area (Å²) >= 11 is 0. The molecule has 3 rings (SSSR count). The summed E-state index contributed by atoms with van der Waals surface area (Å²) in [6, 6.07) is 9.48. The van der Waals surface area contributed by atoms with Crippen LogP contribution in [0.2, 0.25) is 0 Å². The molecule has 1 aliphatic carbocycles. The van der Waals surface area contributed by atoms with Crippen LogP contribution >= 0.6 is 0 Å². The van der Waals surface area contributed by atoms with Crippen molar-refractivity contribution >= 4 is 11.6 Å². The zero-order valence-electron chi connectivity index (χ0n) is 13.5. The van der Waals surface area contributed by atoms with Gasteiger partial charge in [-0.15, -0.1) is 0 Å². The molecule has 0 bridgehead atoms. The van der Waals surface area contributed by atoms with Crippen LogP contribution < -0.4 is 5.32 Å². The summed E-state index contributed by atoms with van der Waals surface area (Å²) in [5.41, 5.74) is 1.60. The van der Waals surface area contributed by atoms with Crippen LogP contribution in [0.15, 0.2) is 36.5 Å². The van der Waals surface area contributed by atoms with Crippen molar-refractivity contribution in [3.63, 3.8) is 0 Å². The quantitative estimate of drug-likeness (QED) is 0.911. The van der Waals surface area contributed by atoms with Crippen molar-refractivity contribution in [1.29, 1.82) is 0 Å². The number of aliphatic hydroxyl groups is 1. The van der Waals surface area contributed by atoms with E-state index in [1.807, 2.05) is 43.5 Å². The maximum Gasteiger partial charge on any atom is 0.227 e. The first kappa shape index (κ1) is 15.7. The first-order chi connectivity index (χ1) is 11.1. The van der Waals surface area contributed by atoms with Crippen LogP contribution in [-0.2, 0) is 4.79 Å². The third-order valence-corrected chi connectivity index (χ3v) is 4.42. The highest BCUT2D eigenvalue weighted by atomic mass is 16.3. The molecule has 5 heteroatoms. The normalized spacial score (nSPS) is 17.0. The number of aromatic nitrogens is 2. The molecule has 23 heavy (non-hydrogen) atoms. The number of amides is 1. The van der Waals surface area contributed by atoms with Crippen molar-refractivity contribution in [2.75, 3.05) is 5.32 Å². The molecule has 0 spiro atoms. The molecule has 0 aliphatic heterocycles. The van der Waals surface area contributed by atoms with E-state index >= 15 is 0 Å². The summed E-state index contributed by atoms with van der Waals surface area (Å²) in [5, 5.41) is 17.9. The molecule has 2 N–H and O–H groups in total. The molecule has 2 aromatic rings. The Balaban J connectivity index is 1.74. The van der Waals surface area contributed by atoms with Gasteiger partial charge in [0.05, 0.1) is 29.1 Å². The highest BCUT2D eigenvalue weighted by molar-refractivity contribution is 5.93. The molecule has 5 nitrogen and oxygen atoms in total. The zero-order valence-corrected chi connectivity index (χ0v) is 13.5. The first-order valence-electron chi connectivity index (χ1n) is 8.20. The SMILES string of the molecule is Cc1ccn(-c2ccccc2NC(=O)CC2(O)CCCCC2)n1. The number of benzene rings is 1. The number of rotatable bonds is 4. The average molecular weight is 313 g/mol. The van der Waals surface area contributed by atoms with Crippen LogP contribution in [0.25, 0.3) is 5.69 Å². The molecule has 0 unspecified atom stereocenters. The summed E-state index contributed by atoms with van der Waals surface area (Å²) in [6.07, 6.45) is 6.57. The second-order valence-corrected chi connectivity index (χ2v) is 6.43. The third-order valence-electron chi connectivity index (χ3n) is 4.42. The van der Waals surface area contributed by atoms with Crippen LogP contribution in [0.1, 0.15) is 44.2 Å². The lowest BCUT2D eigenvalue weighted by molar-refractivity contribution is -0.122. The van der Waals surface area contributed by atoms with Gasteiger partial charge < -0.3 is 10.4 Å². The Morgan fingerprint density at radius 3 is 2.70 bits per heavy atom. The lowest BCUT2D eigenvalue weighted by Gasteiger charge is -2.31. The van der Waals surface area contributed by atoms with E-state index in [-0.39, 0.29) is 12.3 Å². The van der Waals surface area contributed by atoms with Crippen LogP contribution in [0.5, 0.6) is 0 Å². The van der Waals surface area contributed by atoms with E-state index in [1.54, 1.807) is 4.68 Å². The summed E-state index contributed by atoms with van der Waals surface area (Å²) in [7, 11) is 0. The number of nitrogens with zero attached hydrogens (tertiary/aromatic N) is 2. The smallest absolute Gasteiger partial charge is 0.227 e. The number of carbonyl (C=O) groups excluding carboxylic acids is 1. The number of aryl methyl sites for hydroxylation is 1. The van der Waals surface area contributed by atoms with Crippen LogP contribution in [0.3, 0.4) is 0 Å². The maximum atomic E-state index is 12.4. The fraction of sp³-hybridized carbons (Fsp3) is 0.444. The molecular weight excluding hydrogens is 290 g/mol. The van der Waals surface area contributed by atoms with E-state index in [4.69, 9.17) is 0 Å². The largest absolute Gasteiger partial charge is 0.389 e. The molecule has 1 heterocycles. The summed E-state index contributed by atoms with van der Waals surface area (Å²) in [4.78, 5) is 12.4. The van der Waals surface area contributed by atoms with Crippen LogP contribution in [-0.4, -0.2) is 26.4 Å². The monoisotopic (exact) mass is 313 g/mol. The minimum absolute atomic E-state index is 0.147. The van der Waals surface area contributed by atoms with Gasteiger partial charge in [0.1, 0.15) is 0 Å². The van der Waals surface area contributed by atoms with Gasteiger partial charge >= 0.3 is 0 Å². The first-order valence-corrected chi connectivity index (χ1v) is 8.20. The van der Waals surface area contributed by atoms with Gasteiger partial charge in [-0.2, -0.15) is 5.10 Å².